The van der Waals surface area contributed by atoms with Crippen LogP contribution >= 0.6 is 0 Å². The van der Waals surface area contributed by atoms with Gasteiger partial charge in [-0.2, -0.15) is 0 Å². The number of amides is 1. The monoisotopic (exact) mass is 396 g/mol. The van der Waals surface area contributed by atoms with Crippen LogP contribution in [0.1, 0.15) is 19.2 Å². The Morgan fingerprint density at radius 3 is 2.59 bits per heavy atom. The Hall–Kier alpha value is -2.46. The number of methoxy groups -OCH3 is 1. The van der Waals surface area contributed by atoms with Gasteiger partial charge in [-0.1, -0.05) is 0 Å². The lowest BCUT2D eigenvalue weighted by atomic mass is 10.2. The molecule has 0 aliphatic rings. The van der Waals surface area contributed by atoms with Crippen molar-refractivity contribution in [1.82, 2.24) is 19.2 Å². The molecule has 0 saturated carbocycles. The maximum atomic E-state index is 12.3. The average Bonchev–Trinajstić information content (AvgIpc) is 3.00. The van der Waals surface area contributed by atoms with Gasteiger partial charge < -0.3 is 14.6 Å². The topological polar surface area (TPSA) is 111 Å². The molecule has 148 valence electrons. The fraction of sp³-hybridized carbons (Fsp3) is 0.471. The molecule has 0 spiro atoms. The first-order valence-corrected chi connectivity index (χ1v) is 9.90. The number of nitrogens with one attached hydrogen (secondary N) is 1. The van der Waals surface area contributed by atoms with Crippen molar-refractivity contribution < 1.29 is 22.7 Å². The lowest BCUT2D eigenvalue weighted by Gasteiger charge is -2.11. The van der Waals surface area contributed by atoms with Gasteiger partial charge in [-0.05, 0) is 25.1 Å². The lowest BCUT2D eigenvalue weighted by Crippen LogP contribution is -2.30. The van der Waals surface area contributed by atoms with Crippen molar-refractivity contribution in [2.75, 3.05) is 27.7 Å². The number of benzene rings is 1. The van der Waals surface area contributed by atoms with Crippen LogP contribution in [-0.4, -0.2) is 61.9 Å². The van der Waals surface area contributed by atoms with Crippen LogP contribution in [-0.2, 0) is 37.3 Å². The number of carbonyl (C=O) groups is 2. The quantitative estimate of drug-likeness (QED) is 0.652. The Labute approximate surface area is 158 Å². The van der Waals surface area contributed by atoms with E-state index < -0.39 is 16.0 Å². The predicted molar refractivity (Wildman–Crippen MR) is 99.6 cm³/mol. The van der Waals surface area contributed by atoms with Crippen molar-refractivity contribution in [1.29, 1.82) is 0 Å². The summed E-state index contributed by atoms with van der Waals surface area (Å²) < 4.78 is 32.2. The molecule has 0 aliphatic carbocycles. The lowest BCUT2D eigenvalue weighted by molar-refractivity contribution is -0.141. The minimum absolute atomic E-state index is 0.156. The van der Waals surface area contributed by atoms with Crippen molar-refractivity contribution in [3.8, 4) is 0 Å². The summed E-state index contributed by atoms with van der Waals surface area (Å²) in [6.07, 6.45) is 0.522. The van der Waals surface area contributed by atoms with Crippen molar-refractivity contribution in [3.63, 3.8) is 0 Å². The molecule has 1 N–H and O–H groups in total. The minimum Gasteiger partial charge on any atom is -0.468 e. The van der Waals surface area contributed by atoms with Crippen LogP contribution in [0, 0.1) is 0 Å². The van der Waals surface area contributed by atoms with E-state index in [2.05, 4.69) is 15.0 Å². The fourth-order valence-electron chi connectivity index (χ4n) is 2.63. The number of aryl methyl sites for hydroxylation is 2. The van der Waals surface area contributed by atoms with E-state index in [1.165, 1.54) is 27.3 Å². The van der Waals surface area contributed by atoms with E-state index in [0.717, 1.165) is 9.82 Å². The molecule has 1 amide bonds. The highest BCUT2D eigenvalue weighted by Gasteiger charge is 2.19. The van der Waals surface area contributed by atoms with Crippen molar-refractivity contribution in [3.05, 3.63) is 24.0 Å². The highest BCUT2D eigenvalue weighted by Crippen LogP contribution is 2.22. The zero-order valence-electron chi connectivity index (χ0n) is 15.9. The van der Waals surface area contributed by atoms with Crippen molar-refractivity contribution in [2.24, 2.45) is 0 Å². The maximum Gasteiger partial charge on any atom is 0.325 e. The molecule has 0 bridgehead atoms. The number of rotatable bonds is 8. The van der Waals surface area contributed by atoms with Gasteiger partial charge >= 0.3 is 5.97 Å². The molecule has 0 saturated heterocycles. The number of ether oxygens (including phenoxy) is 1. The average molecular weight is 396 g/mol. The summed E-state index contributed by atoms with van der Waals surface area (Å²) in [5.41, 5.74) is 1.37. The Morgan fingerprint density at radius 2 is 2.00 bits per heavy atom. The molecular weight excluding hydrogens is 372 g/mol. The second-order valence-electron chi connectivity index (χ2n) is 6.06. The third-order valence-corrected chi connectivity index (χ3v) is 5.94. The van der Waals surface area contributed by atoms with Crippen LogP contribution in [0.15, 0.2) is 23.1 Å². The summed E-state index contributed by atoms with van der Waals surface area (Å²) in [7, 11) is 0.656. The first kappa shape index (κ1) is 20.8. The molecule has 0 atom stereocenters. The number of hydrogen-bond acceptors (Lipinski definition) is 6. The molecule has 2 aromatic rings. The van der Waals surface area contributed by atoms with Gasteiger partial charge in [-0.15, -0.1) is 0 Å². The second kappa shape index (κ2) is 8.49. The molecule has 9 nitrogen and oxygen atoms in total. The number of hydrogen-bond donors (Lipinski definition) is 1. The third kappa shape index (κ3) is 4.64. The number of aromatic nitrogens is 2. The zero-order valence-corrected chi connectivity index (χ0v) is 16.7. The van der Waals surface area contributed by atoms with Crippen LogP contribution in [0.5, 0.6) is 0 Å². The smallest absolute Gasteiger partial charge is 0.325 e. The number of nitrogens with zero attached hydrogens (tertiary/aromatic N) is 3. The number of carbonyl (C=O) groups excluding carboxylic acids is 2. The summed E-state index contributed by atoms with van der Waals surface area (Å²) in [5.74, 6) is -0.120. The van der Waals surface area contributed by atoms with E-state index in [9.17, 15) is 18.0 Å². The SMILES string of the molecule is CCn1c(CCC(=O)NCC(=O)OC)nc2cc(S(=O)(=O)N(C)C)ccc21. The van der Waals surface area contributed by atoms with E-state index in [1.54, 1.807) is 12.1 Å². The highest BCUT2D eigenvalue weighted by atomic mass is 32.2. The van der Waals surface area contributed by atoms with Gasteiger partial charge in [0, 0.05) is 33.5 Å². The number of fused-ring (bicyclic) bond motifs is 1. The molecule has 0 aliphatic heterocycles. The normalized spacial score (nSPS) is 11.7. The van der Waals surface area contributed by atoms with Crippen LogP contribution in [0.2, 0.25) is 0 Å². The Morgan fingerprint density at radius 1 is 1.30 bits per heavy atom. The molecule has 1 aromatic carbocycles. The molecule has 0 fully saturated rings. The third-order valence-electron chi connectivity index (χ3n) is 4.13. The van der Waals surface area contributed by atoms with Crippen molar-refractivity contribution >= 4 is 32.9 Å². The van der Waals surface area contributed by atoms with Gasteiger partial charge in [0.15, 0.2) is 0 Å². The van der Waals surface area contributed by atoms with E-state index >= 15 is 0 Å². The molecule has 10 heteroatoms. The minimum atomic E-state index is -3.55. The van der Waals surface area contributed by atoms with Gasteiger partial charge in [-0.3, -0.25) is 9.59 Å². The standard InChI is InChI=1S/C17H24N4O5S/c1-5-21-14-7-6-12(27(24,25)20(2)3)10-13(14)19-15(21)8-9-16(22)18-11-17(23)26-4/h6-7,10H,5,8-9,11H2,1-4H3,(H,18,22). The molecule has 2 rings (SSSR count). The second-order valence-corrected chi connectivity index (χ2v) is 8.21. The Kier molecular flexibility index (Phi) is 6.55. The van der Waals surface area contributed by atoms with Gasteiger partial charge in [0.2, 0.25) is 15.9 Å². The summed E-state index contributed by atoms with van der Waals surface area (Å²) in [6.45, 7) is 2.41. The maximum absolute atomic E-state index is 12.3. The number of sulfonamides is 1. The zero-order chi connectivity index (χ0) is 20.2. The molecule has 0 unspecified atom stereocenters. The van der Waals surface area contributed by atoms with E-state index in [-0.39, 0.29) is 23.8 Å². The van der Waals surface area contributed by atoms with Crippen LogP contribution < -0.4 is 5.32 Å². The number of imidazole rings is 1. The van der Waals surface area contributed by atoms with Crippen LogP contribution in [0.4, 0.5) is 0 Å². The largest absolute Gasteiger partial charge is 0.468 e. The molecular formula is C17H24N4O5S. The molecule has 0 radical (unpaired) electrons. The predicted octanol–water partition coefficient (Wildman–Crippen LogP) is 0.528. The fourth-order valence-corrected chi connectivity index (χ4v) is 3.55. The van der Waals surface area contributed by atoms with Crippen LogP contribution in [0.25, 0.3) is 11.0 Å². The first-order valence-electron chi connectivity index (χ1n) is 8.46. The number of esters is 1. The summed E-state index contributed by atoms with van der Waals surface area (Å²) in [4.78, 5) is 27.6. The van der Waals surface area contributed by atoms with Gasteiger partial charge in [0.25, 0.3) is 0 Å². The van der Waals surface area contributed by atoms with Crippen molar-refractivity contribution in [2.45, 2.75) is 31.2 Å². The first-order chi connectivity index (χ1) is 12.7. The summed E-state index contributed by atoms with van der Waals surface area (Å²) >= 11 is 0. The summed E-state index contributed by atoms with van der Waals surface area (Å²) in [6, 6.07) is 4.82. The Bertz CT molecular complexity index is 950. The summed E-state index contributed by atoms with van der Waals surface area (Å²) in [5, 5.41) is 2.48. The molecule has 1 heterocycles. The van der Waals surface area contributed by atoms with Gasteiger partial charge in [0.1, 0.15) is 12.4 Å². The van der Waals surface area contributed by atoms with Gasteiger partial charge in [-0.25, -0.2) is 17.7 Å². The highest BCUT2D eigenvalue weighted by molar-refractivity contribution is 7.89. The van der Waals surface area contributed by atoms with Crippen LogP contribution in [0.3, 0.4) is 0 Å². The van der Waals surface area contributed by atoms with Gasteiger partial charge in [0.05, 0.1) is 23.0 Å². The van der Waals surface area contributed by atoms with E-state index in [1.807, 2.05) is 11.5 Å². The van der Waals surface area contributed by atoms with E-state index in [0.29, 0.717) is 24.3 Å². The molecule has 27 heavy (non-hydrogen) atoms. The van der Waals surface area contributed by atoms with E-state index in [4.69, 9.17) is 0 Å². The molecule has 1 aromatic heterocycles. The Balaban J connectivity index is 2.22.